The number of nitrogens with one attached hydrogen (secondary N) is 1. The number of hydrogen-bond donors (Lipinski definition) is 1. The zero-order valence-electron chi connectivity index (χ0n) is 10.9. The van der Waals surface area contributed by atoms with E-state index < -0.39 is 0 Å². The average molecular weight is 245 g/mol. The van der Waals surface area contributed by atoms with Gasteiger partial charge in [0.1, 0.15) is 0 Å². The van der Waals surface area contributed by atoms with Gasteiger partial charge >= 0.3 is 5.97 Å². The minimum Gasteiger partial charge on any atom is -0.463 e. The largest absolute Gasteiger partial charge is 0.463 e. The van der Waals surface area contributed by atoms with Crippen LogP contribution in [0.15, 0.2) is 12.3 Å². The Hall–Kier alpha value is -1.07. The van der Waals surface area contributed by atoms with E-state index in [4.69, 9.17) is 14.2 Å². The molecular weight excluding hydrogens is 222 g/mol. The van der Waals surface area contributed by atoms with Gasteiger partial charge in [0.05, 0.1) is 6.61 Å². The van der Waals surface area contributed by atoms with Crippen LogP contribution in [0.3, 0.4) is 0 Å². The third-order valence-corrected chi connectivity index (χ3v) is 1.85. The predicted molar refractivity (Wildman–Crippen MR) is 65.4 cm³/mol. The Kier molecular flexibility index (Phi) is 10.7. The Balaban J connectivity index is 3.62. The van der Waals surface area contributed by atoms with Crippen LogP contribution in [0.5, 0.6) is 0 Å². The van der Waals surface area contributed by atoms with Crippen LogP contribution in [0.2, 0.25) is 0 Å². The molecule has 1 N–H and O–H groups in total. The summed E-state index contributed by atoms with van der Waals surface area (Å²) in [6.45, 7) is 7.96. The molecule has 0 fully saturated rings. The van der Waals surface area contributed by atoms with E-state index in [0.717, 1.165) is 6.42 Å². The Morgan fingerprint density at radius 2 is 1.82 bits per heavy atom. The molecule has 0 aliphatic rings. The van der Waals surface area contributed by atoms with Gasteiger partial charge in [-0.25, -0.2) is 4.79 Å². The minimum absolute atomic E-state index is 0.187. The number of esters is 1. The van der Waals surface area contributed by atoms with Crippen molar-refractivity contribution in [2.75, 3.05) is 26.4 Å². The summed E-state index contributed by atoms with van der Waals surface area (Å²) in [7, 11) is 0. The molecular formula is C12H23NO4. The third-order valence-electron chi connectivity index (χ3n) is 1.85. The number of rotatable bonds is 10. The van der Waals surface area contributed by atoms with Crippen LogP contribution in [-0.2, 0) is 19.0 Å². The highest BCUT2D eigenvalue weighted by Gasteiger charge is 2.05. The molecule has 0 unspecified atom stereocenters. The fourth-order valence-corrected chi connectivity index (χ4v) is 1.19. The maximum Gasteiger partial charge on any atom is 0.332 e. The molecule has 0 aliphatic heterocycles. The summed E-state index contributed by atoms with van der Waals surface area (Å²) < 4.78 is 15.5. The van der Waals surface area contributed by atoms with Gasteiger partial charge in [-0.1, -0.05) is 0 Å². The van der Waals surface area contributed by atoms with Crippen LogP contribution in [0.25, 0.3) is 0 Å². The predicted octanol–water partition coefficient (Wildman–Crippen LogP) is 1.44. The van der Waals surface area contributed by atoms with Gasteiger partial charge in [-0.05, 0) is 20.8 Å². The molecule has 0 heterocycles. The molecule has 0 aromatic rings. The zero-order chi connectivity index (χ0) is 12.9. The highest BCUT2D eigenvalue weighted by Crippen LogP contribution is 1.99. The highest BCUT2D eigenvalue weighted by atomic mass is 16.7. The lowest BCUT2D eigenvalue weighted by Gasteiger charge is -2.16. The lowest BCUT2D eigenvalue weighted by molar-refractivity contribution is -0.138. The summed E-state index contributed by atoms with van der Waals surface area (Å²) in [6, 6.07) is 0. The smallest absolute Gasteiger partial charge is 0.332 e. The third kappa shape index (κ3) is 9.84. The summed E-state index contributed by atoms with van der Waals surface area (Å²) in [5, 5.41) is 2.98. The van der Waals surface area contributed by atoms with Crippen molar-refractivity contribution in [1.29, 1.82) is 0 Å². The maximum atomic E-state index is 10.9. The molecule has 100 valence electrons. The molecule has 0 radical (unpaired) electrons. The van der Waals surface area contributed by atoms with E-state index in [9.17, 15) is 4.79 Å². The van der Waals surface area contributed by atoms with E-state index in [0.29, 0.717) is 26.4 Å². The molecule has 17 heavy (non-hydrogen) atoms. The molecule has 0 aromatic heterocycles. The monoisotopic (exact) mass is 245 g/mol. The lowest BCUT2D eigenvalue weighted by atomic mass is 10.4. The van der Waals surface area contributed by atoms with Crippen LogP contribution >= 0.6 is 0 Å². The van der Waals surface area contributed by atoms with Gasteiger partial charge in [0.2, 0.25) is 0 Å². The molecule has 5 nitrogen and oxygen atoms in total. The van der Waals surface area contributed by atoms with Gasteiger partial charge in [-0.2, -0.15) is 0 Å². The summed E-state index contributed by atoms with van der Waals surface area (Å²) in [5.74, 6) is -0.342. The summed E-state index contributed by atoms with van der Waals surface area (Å²) >= 11 is 0. The fraction of sp³-hybridized carbons (Fsp3) is 0.750. The van der Waals surface area contributed by atoms with Crippen LogP contribution < -0.4 is 5.32 Å². The molecule has 0 aliphatic carbocycles. The van der Waals surface area contributed by atoms with Gasteiger partial charge in [0.15, 0.2) is 6.29 Å². The average Bonchev–Trinajstić information content (AvgIpc) is 2.29. The lowest BCUT2D eigenvalue weighted by Crippen LogP contribution is -2.22. The van der Waals surface area contributed by atoms with E-state index in [1.165, 1.54) is 6.08 Å². The highest BCUT2D eigenvalue weighted by molar-refractivity contribution is 5.81. The Labute approximate surface area is 103 Å². The summed E-state index contributed by atoms with van der Waals surface area (Å²) in [6.07, 6.45) is 3.48. The summed E-state index contributed by atoms with van der Waals surface area (Å²) in [4.78, 5) is 10.9. The van der Waals surface area contributed by atoms with Crippen molar-refractivity contribution in [1.82, 2.24) is 5.32 Å². The van der Waals surface area contributed by atoms with Crippen molar-refractivity contribution in [3.05, 3.63) is 12.3 Å². The normalized spacial score (nSPS) is 11.1. The van der Waals surface area contributed by atoms with E-state index in [1.807, 2.05) is 13.8 Å². The number of ether oxygens (including phenoxy) is 3. The van der Waals surface area contributed by atoms with Crippen molar-refractivity contribution < 1.29 is 19.0 Å². The van der Waals surface area contributed by atoms with Crippen LogP contribution in [-0.4, -0.2) is 38.6 Å². The number of hydrogen-bond acceptors (Lipinski definition) is 5. The quantitative estimate of drug-likeness (QED) is 0.273. The minimum atomic E-state index is -0.342. The molecule has 0 atom stereocenters. The standard InChI is InChI=1S/C12H23NO4/c1-4-15-11(14)7-9-13-10-8-12(16-5-2)17-6-3/h7,9,12-13H,4-6,8,10H2,1-3H3/b9-7-. The fourth-order valence-electron chi connectivity index (χ4n) is 1.19. The molecule has 0 amide bonds. The first kappa shape index (κ1) is 15.9. The second-order valence-electron chi connectivity index (χ2n) is 3.17. The molecule has 0 saturated carbocycles. The van der Waals surface area contributed by atoms with E-state index in [1.54, 1.807) is 13.1 Å². The Morgan fingerprint density at radius 3 is 2.35 bits per heavy atom. The molecule has 0 rings (SSSR count). The molecule has 5 heteroatoms. The second-order valence-corrected chi connectivity index (χ2v) is 3.17. The van der Waals surface area contributed by atoms with E-state index in [2.05, 4.69) is 5.32 Å². The van der Waals surface area contributed by atoms with Crippen molar-refractivity contribution >= 4 is 5.97 Å². The van der Waals surface area contributed by atoms with Crippen molar-refractivity contribution in [3.63, 3.8) is 0 Å². The second kappa shape index (κ2) is 11.4. The van der Waals surface area contributed by atoms with Crippen LogP contribution in [0.4, 0.5) is 0 Å². The van der Waals surface area contributed by atoms with Gasteiger partial charge in [0, 0.05) is 38.5 Å². The van der Waals surface area contributed by atoms with Gasteiger partial charge < -0.3 is 19.5 Å². The number of carbonyl (C=O) groups is 1. The molecule has 0 saturated heterocycles. The molecule has 0 bridgehead atoms. The Morgan fingerprint density at radius 1 is 1.18 bits per heavy atom. The van der Waals surface area contributed by atoms with Crippen molar-refractivity contribution in [2.24, 2.45) is 0 Å². The first-order valence-corrected chi connectivity index (χ1v) is 6.04. The molecule has 0 spiro atoms. The van der Waals surface area contributed by atoms with Crippen LogP contribution in [0, 0.1) is 0 Å². The first-order chi connectivity index (χ1) is 8.24. The summed E-state index contributed by atoms with van der Waals surface area (Å²) in [5.41, 5.74) is 0. The number of carbonyl (C=O) groups excluding carboxylic acids is 1. The SMILES string of the molecule is CCOC(=O)/C=C\NCCC(OCC)OCC. The van der Waals surface area contributed by atoms with E-state index >= 15 is 0 Å². The zero-order valence-corrected chi connectivity index (χ0v) is 10.9. The maximum absolute atomic E-state index is 10.9. The Bertz CT molecular complexity index is 213. The van der Waals surface area contributed by atoms with Crippen molar-refractivity contribution in [2.45, 2.75) is 33.5 Å². The van der Waals surface area contributed by atoms with Gasteiger partial charge in [0.25, 0.3) is 0 Å². The molecule has 0 aromatic carbocycles. The van der Waals surface area contributed by atoms with Crippen LogP contribution in [0.1, 0.15) is 27.2 Å². The van der Waals surface area contributed by atoms with Gasteiger partial charge in [-0.15, -0.1) is 0 Å². The van der Waals surface area contributed by atoms with Gasteiger partial charge in [-0.3, -0.25) is 0 Å². The van der Waals surface area contributed by atoms with Crippen molar-refractivity contribution in [3.8, 4) is 0 Å². The first-order valence-electron chi connectivity index (χ1n) is 6.04. The van der Waals surface area contributed by atoms with E-state index in [-0.39, 0.29) is 12.3 Å². The topological polar surface area (TPSA) is 56.8 Å².